The lowest BCUT2D eigenvalue weighted by Crippen LogP contribution is -2.27. The number of ether oxygens (including phenoxy) is 1. The van der Waals surface area contributed by atoms with Gasteiger partial charge in [-0.05, 0) is 27.2 Å². The van der Waals surface area contributed by atoms with Crippen LogP contribution in [0.25, 0.3) is 0 Å². The molecule has 2 nitrogen and oxygen atoms in total. The zero-order valence-corrected chi connectivity index (χ0v) is 12.0. The third-order valence-electron chi connectivity index (χ3n) is 3.37. The van der Waals surface area contributed by atoms with Gasteiger partial charge in [0.2, 0.25) is 5.82 Å². The Kier molecular flexibility index (Phi) is 4.96. The molecule has 0 heterocycles. The highest BCUT2D eigenvalue weighted by molar-refractivity contribution is 5.76. The molecule has 0 aliphatic heterocycles. The summed E-state index contributed by atoms with van der Waals surface area (Å²) in [5, 5.41) is 0. The molecule has 1 rings (SSSR count). The number of esters is 1. The quantitative estimate of drug-likeness (QED) is 0.356. The average Bonchev–Trinajstić information content (AvgIpc) is 2.43. The van der Waals surface area contributed by atoms with Gasteiger partial charge in [-0.15, -0.1) is 0 Å². The number of hydrogen-bond acceptors (Lipinski definition) is 2. The van der Waals surface area contributed by atoms with E-state index in [2.05, 4.69) is 0 Å². The van der Waals surface area contributed by atoms with E-state index in [1.54, 1.807) is 20.8 Å². The normalized spacial score (nSPS) is 13.2. The molecule has 0 N–H and O–H groups in total. The lowest BCUT2D eigenvalue weighted by Gasteiger charge is -2.24. The summed E-state index contributed by atoms with van der Waals surface area (Å²) in [4.78, 5) is 11.8. The molecule has 0 amide bonds. The second-order valence-corrected chi connectivity index (χ2v) is 5.27. The van der Waals surface area contributed by atoms with Crippen LogP contribution < -0.4 is 0 Å². The summed E-state index contributed by atoms with van der Waals surface area (Å²) in [6, 6.07) is 0. The van der Waals surface area contributed by atoms with E-state index in [0.29, 0.717) is 6.42 Å². The van der Waals surface area contributed by atoms with Crippen LogP contribution in [0.3, 0.4) is 0 Å². The van der Waals surface area contributed by atoms with Crippen molar-refractivity contribution >= 4 is 5.97 Å². The van der Waals surface area contributed by atoms with Crippen LogP contribution in [0.2, 0.25) is 0 Å². The Morgan fingerprint density at radius 1 is 1.00 bits per heavy atom. The Hall–Kier alpha value is -1.66. The van der Waals surface area contributed by atoms with E-state index in [9.17, 15) is 26.7 Å². The van der Waals surface area contributed by atoms with Crippen LogP contribution in [-0.2, 0) is 9.53 Å². The average molecular weight is 310 g/mol. The Morgan fingerprint density at radius 2 is 1.38 bits per heavy atom. The van der Waals surface area contributed by atoms with Gasteiger partial charge in [0.15, 0.2) is 23.3 Å². The standard InChI is InChI=1S/C14H15F5O2/c1-5-14(3,4)13(20)21-6(2)7-8(15)10(17)12(19)11(18)9(7)16/h6H,5H2,1-4H3. The van der Waals surface area contributed by atoms with Gasteiger partial charge in [0.1, 0.15) is 6.10 Å². The maximum absolute atomic E-state index is 13.6. The SMILES string of the molecule is CCC(C)(C)C(=O)OC(C)c1c(F)c(F)c(F)c(F)c1F. The van der Waals surface area contributed by atoms with Gasteiger partial charge in [0.25, 0.3) is 0 Å². The van der Waals surface area contributed by atoms with Crippen molar-refractivity contribution in [1.82, 2.24) is 0 Å². The number of hydrogen-bond donors (Lipinski definition) is 0. The highest BCUT2D eigenvalue weighted by Gasteiger charge is 2.33. The zero-order valence-electron chi connectivity index (χ0n) is 12.0. The minimum absolute atomic E-state index is 0.385. The van der Waals surface area contributed by atoms with Crippen molar-refractivity contribution in [3.8, 4) is 0 Å². The molecular weight excluding hydrogens is 295 g/mol. The van der Waals surface area contributed by atoms with E-state index in [4.69, 9.17) is 4.74 Å². The molecule has 0 aromatic heterocycles. The summed E-state index contributed by atoms with van der Waals surface area (Å²) in [6.07, 6.45) is -1.22. The van der Waals surface area contributed by atoms with E-state index in [-0.39, 0.29) is 0 Å². The van der Waals surface area contributed by atoms with Crippen LogP contribution in [0.1, 0.15) is 45.8 Å². The monoisotopic (exact) mass is 310 g/mol. The first-order chi connectivity index (χ1) is 9.54. The molecule has 7 heteroatoms. The molecule has 0 saturated carbocycles. The second-order valence-electron chi connectivity index (χ2n) is 5.27. The molecule has 0 spiro atoms. The van der Waals surface area contributed by atoms with Crippen molar-refractivity contribution in [2.75, 3.05) is 0 Å². The van der Waals surface area contributed by atoms with E-state index in [0.717, 1.165) is 6.92 Å². The first kappa shape index (κ1) is 17.4. The third kappa shape index (κ3) is 3.16. The maximum Gasteiger partial charge on any atom is 0.312 e. The second kappa shape index (κ2) is 5.99. The lowest BCUT2D eigenvalue weighted by atomic mass is 9.90. The zero-order chi connectivity index (χ0) is 16.5. The van der Waals surface area contributed by atoms with Gasteiger partial charge in [-0.25, -0.2) is 22.0 Å². The minimum atomic E-state index is -2.25. The summed E-state index contributed by atoms with van der Waals surface area (Å²) >= 11 is 0. The van der Waals surface area contributed by atoms with Gasteiger partial charge < -0.3 is 4.74 Å². The summed E-state index contributed by atoms with van der Waals surface area (Å²) in [5.41, 5.74) is -2.09. The molecule has 1 aromatic rings. The van der Waals surface area contributed by atoms with Crippen LogP contribution in [0.5, 0.6) is 0 Å². The first-order valence-electron chi connectivity index (χ1n) is 6.27. The van der Waals surface area contributed by atoms with Crippen LogP contribution >= 0.6 is 0 Å². The van der Waals surface area contributed by atoms with Crippen molar-refractivity contribution in [3.05, 3.63) is 34.6 Å². The van der Waals surface area contributed by atoms with Gasteiger partial charge in [0.05, 0.1) is 11.0 Å². The molecule has 0 fully saturated rings. The highest BCUT2D eigenvalue weighted by atomic mass is 19.2. The smallest absolute Gasteiger partial charge is 0.312 e. The predicted molar refractivity (Wildman–Crippen MR) is 64.8 cm³/mol. The molecule has 0 saturated heterocycles. The predicted octanol–water partition coefficient (Wildman–Crippen LogP) is 4.42. The summed E-state index contributed by atoms with van der Waals surface area (Å²) < 4.78 is 71.1. The number of benzene rings is 1. The number of rotatable bonds is 4. The maximum atomic E-state index is 13.6. The van der Waals surface area contributed by atoms with Gasteiger partial charge in [0, 0.05) is 0 Å². The summed E-state index contributed by atoms with van der Waals surface area (Å²) in [7, 11) is 0. The number of carbonyl (C=O) groups excluding carboxylic acids is 1. The minimum Gasteiger partial charge on any atom is -0.457 e. The molecule has 0 radical (unpaired) electrons. The van der Waals surface area contributed by atoms with Gasteiger partial charge in [-0.3, -0.25) is 4.79 Å². The highest BCUT2D eigenvalue weighted by Crippen LogP contribution is 2.32. The third-order valence-corrected chi connectivity index (χ3v) is 3.37. The van der Waals surface area contributed by atoms with Crippen LogP contribution in [0, 0.1) is 34.5 Å². The Bertz CT molecular complexity index is 540. The lowest BCUT2D eigenvalue weighted by molar-refractivity contribution is -0.159. The van der Waals surface area contributed by atoms with Crippen molar-refractivity contribution in [1.29, 1.82) is 0 Å². The molecule has 0 aliphatic carbocycles. The Morgan fingerprint density at radius 3 is 1.76 bits per heavy atom. The Balaban J connectivity index is 3.21. The number of halogens is 5. The van der Waals surface area contributed by atoms with Crippen molar-refractivity contribution < 1.29 is 31.5 Å². The van der Waals surface area contributed by atoms with Crippen molar-refractivity contribution in [3.63, 3.8) is 0 Å². The van der Waals surface area contributed by atoms with E-state index >= 15 is 0 Å². The summed E-state index contributed by atoms with van der Waals surface area (Å²) in [6.45, 7) is 5.83. The van der Waals surface area contributed by atoms with Crippen LogP contribution in [0.15, 0.2) is 0 Å². The largest absolute Gasteiger partial charge is 0.457 e. The molecule has 1 atom stereocenters. The number of carbonyl (C=O) groups is 1. The molecule has 1 aromatic carbocycles. The van der Waals surface area contributed by atoms with Crippen molar-refractivity contribution in [2.24, 2.45) is 5.41 Å². The molecular formula is C14H15F5O2. The van der Waals surface area contributed by atoms with E-state index in [1.165, 1.54) is 0 Å². The molecule has 1 unspecified atom stereocenters. The molecule has 21 heavy (non-hydrogen) atoms. The Labute approximate surface area is 118 Å². The van der Waals surface area contributed by atoms with E-state index < -0.39 is 52.1 Å². The fourth-order valence-electron chi connectivity index (χ4n) is 1.50. The van der Waals surface area contributed by atoms with Crippen molar-refractivity contribution in [2.45, 2.75) is 40.2 Å². The topological polar surface area (TPSA) is 26.3 Å². The van der Waals surface area contributed by atoms with Gasteiger partial charge >= 0.3 is 5.97 Å². The van der Waals surface area contributed by atoms with Gasteiger partial charge in [-0.1, -0.05) is 6.92 Å². The fourth-order valence-corrected chi connectivity index (χ4v) is 1.50. The van der Waals surface area contributed by atoms with Crippen LogP contribution in [-0.4, -0.2) is 5.97 Å². The van der Waals surface area contributed by atoms with Crippen LogP contribution in [0.4, 0.5) is 22.0 Å². The first-order valence-corrected chi connectivity index (χ1v) is 6.27. The molecule has 118 valence electrons. The van der Waals surface area contributed by atoms with E-state index in [1.807, 2.05) is 0 Å². The fraction of sp³-hybridized carbons (Fsp3) is 0.500. The molecule has 0 aliphatic rings. The van der Waals surface area contributed by atoms with Gasteiger partial charge in [-0.2, -0.15) is 0 Å². The summed E-state index contributed by atoms with van der Waals surface area (Å²) in [5.74, 6) is -11.2. The molecule has 0 bridgehead atoms.